The molecule has 1 aromatic heterocycles. The van der Waals surface area contributed by atoms with Crippen molar-refractivity contribution in [3.05, 3.63) is 59.9 Å². The van der Waals surface area contributed by atoms with Gasteiger partial charge in [-0.25, -0.2) is 4.98 Å². The van der Waals surface area contributed by atoms with Crippen LogP contribution in [0.4, 0.5) is 0 Å². The summed E-state index contributed by atoms with van der Waals surface area (Å²) in [6.45, 7) is 5.97. The van der Waals surface area contributed by atoms with E-state index in [1.165, 1.54) is 16.6 Å². The molecule has 0 saturated heterocycles. The summed E-state index contributed by atoms with van der Waals surface area (Å²) in [5.74, 6) is 1.01. The number of benzene rings is 2. The molecule has 0 atom stereocenters. The van der Waals surface area contributed by atoms with Crippen molar-refractivity contribution in [3.63, 3.8) is 0 Å². The number of unbranched alkanes of at least 4 members (excludes halogenated alkanes) is 1. The minimum absolute atomic E-state index is 0.761. The summed E-state index contributed by atoms with van der Waals surface area (Å²) in [4.78, 5) is 4.42. The fraction of sp³-hybridized carbons (Fsp3) is 0.316. The fourth-order valence-electron chi connectivity index (χ4n) is 2.64. The quantitative estimate of drug-likeness (QED) is 0.625. The highest BCUT2D eigenvalue weighted by Gasteiger charge is 2.03. The number of ether oxygens (including phenoxy) is 1. The van der Waals surface area contributed by atoms with Crippen LogP contribution >= 0.6 is 0 Å². The van der Waals surface area contributed by atoms with E-state index in [4.69, 9.17) is 4.74 Å². The van der Waals surface area contributed by atoms with Crippen LogP contribution in [0.25, 0.3) is 11.0 Å². The van der Waals surface area contributed by atoms with Gasteiger partial charge in [0, 0.05) is 6.54 Å². The van der Waals surface area contributed by atoms with Crippen LogP contribution in [0.5, 0.6) is 5.75 Å². The first-order valence-corrected chi connectivity index (χ1v) is 7.84. The van der Waals surface area contributed by atoms with Gasteiger partial charge in [-0.2, -0.15) is 0 Å². The van der Waals surface area contributed by atoms with Gasteiger partial charge in [0.25, 0.3) is 0 Å². The summed E-state index contributed by atoms with van der Waals surface area (Å²) in [5, 5.41) is 0. The number of rotatable bonds is 6. The summed E-state index contributed by atoms with van der Waals surface area (Å²) in [6, 6.07) is 14.5. The van der Waals surface area contributed by atoms with Crippen LogP contribution in [-0.2, 0) is 6.54 Å². The second kappa shape index (κ2) is 6.65. The van der Waals surface area contributed by atoms with E-state index in [0.29, 0.717) is 0 Å². The summed E-state index contributed by atoms with van der Waals surface area (Å²) in [6.07, 6.45) is 4.06. The van der Waals surface area contributed by atoms with E-state index >= 15 is 0 Å². The van der Waals surface area contributed by atoms with E-state index in [1.807, 2.05) is 18.5 Å². The van der Waals surface area contributed by atoms with Gasteiger partial charge in [0.05, 0.1) is 24.0 Å². The zero-order valence-corrected chi connectivity index (χ0v) is 13.2. The van der Waals surface area contributed by atoms with Gasteiger partial charge in [0.1, 0.15) is 5.75 Å². The lowest BCUT2D eigenvalue weighted by atomic mass is 10.1. The Hall–Kier alpha value is -2.29. The van der Waals surface area contributed by atoms with Crippen molar-refractivity contribution in [2.75, 3.05) is 6.61 Å². The first kappa shape index (κ1) is 14.6. The minimum Gasteiger partial charge on any atom is -0.493 e. The fourth-order valence-corrected chi connectivity index (χ4v) is 2.64. The smallest absolute Gasteiger partial charge is 0.122 e. The summed E-state index contributed by atoms with van der Waals surface area (Å²) < 4.78 is 8.12. The molecule has 0 amide bonds. The molecule has 0 radical (unpaired) electrons. The van der Waals surface area contributed by atoms with Crippen LogP contribution in [-0.4, -0.2) is 16.2 Å². The van der Waals surface area contributed by atoms with Gasteiger partial charge in [0.2, 0.25) is 0 Å². The van der Waals surface area contributed by atoms with Crippen LogP contribution < -0.4 is 4.74 Å². The molecule has 0 aliphatic rings. The predicted octanol–water partition coefficient (Wildman–Crippen LogP) is 4.51. The Bertz CT molecular complexity index is 761. The molecule has 3 nitrogen and oxygen atoms in total. The van der Waals surface area contributed by atoms with Crippen molar-refractivity contribution >= 4 is 11.0 Å². The third-order valence-corrected chi connectivity index (χ3v) is 4.13. The van der Waals surface area contributed by atoms with E-state index in [1.54, 1.807) is 0 Å². The second-order valence-electron chi connectivity index (χ2n) is 5.68. The standard InChI is InChI=1S/C19H22N2O/c1-15-8-7-11-19(16(15)2)22-13-6-5-12-21-14-20-17-9-3-4-10-18(17)21/h3-4,7-11,14H,5-6,12-13H2,1-2H3. The molecule has 1 heterocycles. The number of hydrogen-bond donors (Lipinski definition) is 0. The van der Waals surface area contributed by atoms with Crippen molar-refractivity contribution in [2.24, 2.45) is 0 Å². The molecule has 0 N–H and O–H groups in total. The normalized spacial score (nSPS) is 11.0. The molecule has 22 heavy (non-hydrogen) atoms. The van der Waals surface area contributed by atoms with E-state index in [2.05, 4.69) is 53.7 Å². The molecule has 0 bridgehead atoms. The molecule has 3 aromatic rings. The van der Waals surface area contributed by atoms with Gasteiger partial charge >= 0.3 is 0 Å². The molecule has 0 fully saturated rings. The van der Waals surface area contributed by atoms with Crippen LogP contribution in [0.1, 0.15) is 24.0 Å². The van der Waals surface area contributed by atoms with Crippen molar-refractivity contribution in [1.29, 1.82) is 0 Å². The number of imidazole rings is 1. The molecule has 0 aliphatic heterocycles. The lowest BCUT2D eigenvalue weighted by Gasteiger charge is -2.11. The third kappa shape index (κ3) is 3.14. The number of hydrogen-bond acceptors (Lipinski definition) is 2. The van der Waals surface area contributed by atoms with E-state index in [9.17, 15) is 0 Å². The molecular formula is C19H22N2O. The minimum atomic E-state index is 0.761. The molecule has 0 aliphatic carbocycles. The number of nitrogens with zero attached hydrogens (tertiary/aromatic N) is 2. The molecule has 0 spiro atoms. The predicted molar refractivity (Wildman–Crippen MR) is 90.4 cm³/mol. The van der Waals surface area contributed by atoms with Crippen LogP contribution in [0.2, 0.25) is 0 Å². The highest BCUT2D eigenvalue weighted by molar-refractivity contribution is 5.74. The molecule has 0 saturated carbocycles. The van der Waals surface area contributed by atoms with Gasteiger partial charge < -0.3 is 9.30 Å². The van der Waals surface area contributed by atoms with E-state index < -0.39 is 0 Å². The van der Waals surface area contributed by atoms with Gasteiger partial charge in [-0.3, -0.25) is 0 Å². The van der Waals surface area contributed by atoms with Crippen molar-refractivity contribution < 1.29 is 4.74 Å². The second-order valence-corrected chi connectivity index (χ2v) is 5.68. The average Bonchev–Trinajstić information content (AvgIpc) is 2.94. The number of aryl methyl sites for hydroxylation is 2. The number of aromatic nitrogens is 2. The number of para-hydroxylation sites is 2. The monoisotopic (exact) mass is 294 g/mol. The lowest BCUT2D eigenvalue weighted by molar-refractivity contribution is 0.301. The maximum atomic E-state index is 5.90. The molecule has 2 aromatic carbocycles. The van der Waals surface area contributed by atoms with Crippen molar-refractivity contribution in [1.82, 2.24) is 9.55 Å². The van der Waals surface area contributed by atoms with Crippen molar-refractivity contribution in [3.8, 4) is 5.75 Å². The first-order valence-electron chi connectivity index (χ1n) is 7.84. The zero-order chi connectivity index (χ0) is 15.4. The zero-order valence-electron chi connectivity index (χ0n) is 13.2. The summed E-state index contributed by atoms with van der Waals surface area (Å²) in [7, 11) is 0. The Kier molecular flexibility index (Phi) is 4.42. The van der Waals surface area contributed by atoms with Gasteiger partial charge in [0.15, 0.2) is 0 Å². The van der Waals surface area contributed by atoms with E-state index in [0.717, 1.165) is 37.3 Å². The van der Waals surface area contributed by atoms with Gasteiger partial charge in [-0.05, 0) is 56.0 Å². The van der Waals surface area contributed by atoms with Crippen molar-refractivity contribution in [2.45, 2.75) is 33.2 Å². The largest absolute Gasteiger partial charge is 0.493 e. The maximum Gasteiger partial charge on any atom is 0.122 e. The Morgan fingerprint density at radius 3 is 2.77 bits per heavy atom. The molecule has 0 unspecified atom stereocenters. The Morgan fingerprint density at radius 1 is 1.00 bits per heavy atom. The summed E-state index contributed by atoms with van der Waals surface area (Å²) >= 11 is 0. The van der Waals surface area contributed by atoms with Gasteiger partial charge in [-0.15, -0.1) is 0 Å². The lowest BCUT2D eigenvalue weighted by Crippen LogP contribution is -2.02. The Morgan fingerprint density at radius 2 is 1.86 bits per heavy atom. The Labute approximate surface area is 131 Å². The average molecular weight is 294 g/mol. The molecule has 3 rings (SSSR count). The maximum absolute atomic E-state index is 5.90. The highest BCUT2D eigenvalue weighted by Crippen LogP contribution is 2.20. The van der Waals surface area contributed by atoms with Crippen LogP contribution in [0.15, 0.2) is 48.8 Å². The van der Waals surface area contributed by atoms with Crippen LogP contribution in [0, 0.1) is 13.8 Å². The van der Waals surface area contributed by atoms with E-state index in [-0.39, 0.29) is 0 Å². The molecule has 114 valence electrons. The number of fused-ring (bicyclic) bond motifs is 1. The molecule has 3 heteroatoms. The summed E-state index contributed by atoms with van der Waals surface area (Å²) in [5.41, 5.74) is 4.79. The Balaban J connectivity index is 1.49. The topological polar surface area (TPSA) is 27.1 Å². The highest BCUT2D eigenvalue weighted by atomic mass is 16.5. The third-order valence-electron chi connectivity index (χ3n) is 4.13. The first-order chi connectivity index (χ1) is 10.8. The van der Waals surface area contributed by atoms with Gasteiger partial charge in [-0.1, -0.05) is 24.3 Å². The SMILES string of the molecule is Cc1cccc(OCCCCn2cnc3ccccc32)c1C. The van der Waals surface area contributed by atoms with Crippen LogP contribution in [0.3, 0.4) is 0 Å². The molecular weight excluding hydrogens is 272 g/mol.